The van der Waals surface area contributed by atoms with Gasteiger partial charge in [-0.25, -0.2) is 13.4 Å². The Hall–Kier alpha value is -1.89. The summed E-state index contributed by atoms with van der Waals surface area (Å²) < 4.78 is 28.1. The van der Waals surface area contributed by atoms with Crippen LogP contribution in [0.25, 0.3) is 11.0 Å². The molecule has 0 unspecified atom stereocenters. The van der Waals surface area contributed by atoms with Crippen molar-refractivity contribution >= 4 is 26.8 Å². The summed E-state index contributed by atoms with van der Waals surface area (Å²) in [5.74, 6) is 1.87. The maximum Gasteiger partial charge on any atom is 0.219 e. The molecule has 0 N–H and O–H groups in total. The highest BCUT2D eigenvalue weighted by atomic mass is 32.2. The number of rotatable bonds is 6. The van der Waals surface area contributed by atoms with E-state index in [2.05, 4.69) is 25.3 Å². The van der Waals surface area contributed by atoms with Gasteiger partial charge in [-0.3, -0.25) is 4.79 Å². The number of hydrogen-bond donors (Lipinski definition) is 0. The van der Waals surface area contributed by atoms with Gasteiger partial charge in [0.25, 0.3) is 0 Å². The number of benzene rings is 1. The van der Waals surface area contributed by atoms with Crippen LogP contribution >= 0.6 is 0 Å². The number of hydrogen-bond acceptors (Lipinski definition) is 4. The van der Waals surface area contributed by atoms with Crippen molar-refractivity contribution < 1.29 is 13.2 Å². The number of imidazole rings is 1. The van der Waals surface area contributed by atoms with Crippen LogP contribution in [0, 0.1) is 17.3 Å². The number of sulfone groups is 1. The van der Waals surface area contributed by atoms with E-state index in [9.17, 15) is 13.2 Å². The molecule has 2 aromatic rings. The molecule has 1 aromatic carbocycles. The Bertz CT molecular complexity index is 1040. The molecule has 1 aliphatic heterocycles. The Kier molecular flexibility index (Phi) is 5.00. The Morgan fingerprint density at radius 3 is 2.45 bits per heavy atom. The topological polar surface area (TPSA) is 72.3 Å². The van der Waals surface area contributed by atoms with E-state index in [1.165, 1.54) is 19.8 Å². The summed E-state index contributed by atoms with van der Waals surface area (Å²) in [6, 6.07) is 5.39. The van der Waals surface area contributed by atoms with Crippen molar-refractivity contribution in [3.05, 3.63) is 24.0 Å². The number of fused-ring (bicyclic) bond motifs is 1. The highest BCUT2D eigenvalue weighted by Gasteiger charge is 2.33. The van der Waals surface area contributed by atoms with Crippen LogP contribution in [-0.2, 0) is 27.6 Å². The Morgan fingerprint density at radius 2 is 1.86 bits per heavy atom. The SMILES string of the molecule is CC(=O)N1CC(CS(=O)(=O)c2ccc3c(c2)nc(CC(C)(C)C)n3CC2CC2)C1. The van der Waals surface area contributed by atoms with Gasteiger partial charge in [0.05, 0.1) is 21.7 Å². The molecule has 1 amide bonds. The molecule has 2 fully saturated rings. The first kappa shape index (κ1) is 20.4. The Balaban J connectivity index is 1.60. The Labute approximate surface area is 173 Å². The first-order chi connectivity index (χ1) is 13.5. The van der Waals surface area contributed by atoms with E-state index in [1.54, 1.807) is 17.0 Å². The maximum absolute atomic E-state index is 12.9. The zero-order chi connectivity index (χ0) is 21.0. The molecule has 2 aliphatic rings. The molecule has 1 aromatic heterocycles. The van der Waals surface area contributed by atoms with Gasteiger partial charge in [0.1, 0.15) is 5.82 Å². The second-order valence-corrected chi connectivity index (χ2v) is 12.1. The minimum Gasteiger partial charge on any atom is -0.342 e. The maximum atomic E-state index is 12.9. The van der Waals surface area contributed by atoms with Crippen LogP contribution in [0.1, 0.15) is 46.4 Å². The smallest absolute Gasteiger partial charge is 0.219 e. The van der Waals surface area contributed by atoms with Crippen LogP contribution < -0.4 is 0 Å². The molecule has 6 nitrogen and oxygen atoms in total. The van der Waals surface area contributed by atoms with Crippen molar-refractivity contribution in [2.24, 2.45) is 17.3 Å². The molecule has 1 saturated carbocycles. The Morgan fingerprint density at radius 1 is 1.17 bits per heavy atom. The highest BCUT2D eigenvalue weighted by Crippen LogP contribution is 2.34. The van der Waals surface area contributed by atoms with E-state index >= 15 is 0 Å². The molecule has 0 atom stereocenters. The number of carbonyl (C=O) groups excluding carboxylic acids is 1. The quantitative estimate of drug-likeness (QED) is 0.723. The zero-order valence-corrected chi connectivity index (χ0v) is 18.6. The molecular formula is C22H31N3O3S. The zero-order valence-electron chi connectivity index (χ0n) is 17.8. The third-order valence-corrected chi connectivity index (χ3v) is 7.72. The largest absolute Gasteiger partial charge is 0.342 e. The molecule has 2 heterocycles. The monoisotopic (exact) mass is 417 g/mol. The lowest BCUT2D eigenvalue weighted by Crippen LogP contribution is -2.51. The van der Waals surface area contributed by atoms with E-state index < -0.39 is 9.84 Å². The summed E-state index contributed by atoms with van der Waals surface area (Å²) in [6.07, 6.45) is 3.39. The first-order valence-electron chi connectivity index (χ1n) is 10.5. The fraction of sp³-hybridized carbons (Fsp3) is 0.636. The van der Waals surface area contributed by atoms with Gasteiger partial charge < -0.3 is 9.47 Å². The summed E-state index contributed by atoms with van der Waals surface area (Å²) >= 11 is 0. The fourth-order valence-electron chi connectivity index (χ4n) is 4.06. The minimum atomic E-state index is -3.40. The third kappa shape index (κ3) is 4.49. The number of likely N-dealkylation sites (tertiary alicyclic amines) is 1. The first-order valence-corrected chi connectivity index (χ1v) is 12.1. The number of carbonyl (C=O) groups is 1. The van der Waals surface area contributed by atoms with E-state index in [4.69, 9.17) is 4.98 Å². The molecule has 7 heteroatoms. The van der Waals surface area contributed by atoms with E-state index in [1.807, 2.05) is 6.07 Å². The normalized spacial score (nSPS) is 18.3. The lowest BCUT2D eigenvalue weighted by molar-refractivity contribution is -0.134. The van der Waals surface area contributed by atoms with Crippen molar-refractivity contribution in [2.75, 3.05) is 18.8 Å². The van der Waals surface area contributed by atoms with Crippen LogP contribution in [-0.4, -0.2) is 47.6 Å². The molecule has 0 radical (unpaired) electrons. The lowest BCUT2D eigenvalue weighted by atomic mass is 9.92. The van der Waals surface area contributed by atoms with Crippen molar-refractivity contribution in [1.82, 2.24) is 14.5 Å². The van der Waals surface area contributed by atoms with E-state index in [0.29, 0.717) is 18.0 Å². The average molecular weight is 418 g/mol. The lowest BCUT2D eigenvalue weighted by Gasteiger charge is -2.38. The molecule has 1 saturated heterocycles. The van der Waals surface area contributed by atoms with Gasteiger partial charge >= 0.3 is 0 Å². The van der Waals surface area contributed by atoms with Gasteiger partial charge in [0, 0.05) is 38.9 Å². The van der Waals surface area contributed by atoms with Crippen LogP contribution in [0.4, 0.5) is 0 Å². The number of nitrogens with zero attached hydrogens (tertiary/aromatic N) is 3. The number of aromatic nitrogens is 2. The van der Waals surface area contributed by atoms with Gasteiger partial charge in [-0.1, -0.05) is 20.8 Å². The summed E-state index contributed by atoms with van der Waals surface area (Å²) in [5, 5.41) is 0. The van der Waals surface area contributed by atoms with Crippen LogP contribution in [0.15, 0.2) is 23.1 Å². The highest BCUT2D eigenvalue weighted by molar-refractivity contribution is 7.91. The van der Waals surface area contributed by atoms with Crippen molar-refractivity contribution in [2.45, 2.75) is 58.4 Å². The second-order valence-electron chi connectivity index (χ2n) is 10.0. The predicted octanol–water partition coefficient (Wildman–Crippen LogP) is 3.29. The molecule has 0 bridgehead atoms. The van der Waals surface area contributed by atoms with Crippen LogP contribution in [0.5, 0.6) is 0 Å². The predicted molar refractivity (Wildman–Crippen MR) is 113 cm³/mol. The standard InChI is InChI=1S/C22H31N3O3S/c1-15(26)24-11-17(12-24)14-29(27,28)18-7-8-20-19(9-18)23-21(10-22(2,3)4)25(20)13-16-5-6-16/h7-9,16-17H,5-6,10-14H2,1-4H3. The van der Waals surface area contributed by atoms with E-state index in [-0.39, 0.29) is 23.0 Å². The summed E-state index contributed by atoms with van der Waals surface area (Å²) in [6.45, 7) is 10.2. The summed E-state index contributed by atoms with van der Waals surface area (Å²) in [7, 11) is -3.40. The third-order valence-electron chi connectivity index (χ3n) is 5.84. The molecule has 0 spiro atoms. The summed E-state index contributed by atoms with van der Waals surface area (Å²) in [5.41, 5.74) is 1.91. The van der Waals surface area contributed by atoms with Gasteiger partial charge in [-0.2, -0.15) is 0 Å². The average Bonchev–Trinajstić information content (AvgIpc) is 3.32. The van der Waals surface area contributed by atoms with Gasteiger partial charge in [0.2, 0.25) is 5.91 Å². The molecule has 29 heavy (non-hydrogen) atoms. The molecule has 1 aliphatic carbocycles. The summed E-state index contributed by atoms with van der Waals surface area (Å²) in [4.78, 5) is 18.2. The van der Waals surface area contributed by atoms with Crippen LogP contribution in [0.2, 0.25) is 0 Å². The van der Waals surface area contributed by atoms with E-state index in [0.717, 1.165) is 35.7 Å². The van der Waals surface area contributed by atoms with Crippen molar-refractivity contribution in [1.29, 1.82) is 0 Å². The van der Waals surface area contributed by atoms with Crippen molar-refractivity contribution in [3.8, 4) is 0 Å². The molecule has 158 valence electrons. The van der Waals surface area contributed by atoms with Crippen molar-refractivity contribution in [3.63, 3.8) is 0 Å². The van der Waals surface area contributed by atoms with Gasteiger partial charge in [0.15, 0.2) is 9.84 Å². The number of amides is 1. The second kappa shape index (κ2) is 7.11. The minimum absolute atomic E-state index is 0.00708. The van der Waals surface area contributed by atoms with Crippen LogP contribution in [0.3, 0.4) is 0 Å². The van der Waals surface area contributed by atoms with Gasteiger partial charge in [-0.15, -0.1) is 0 Å². The fourth-order valence-corrected chi connectivity index (χ4v) is 5.65. The molecular weight excluding hydrogens is 386 g/mol. The molecule has 4 rings (SSSR count). The van der Waals surface area contributed by atoms with Gasteiger partial charge in [-0.05, 0) is 42.4 Å².